The minimum atomic E-state index is -0.404. The van der Waals surface area contributed by atoms with E-state index in [-0.39, 0.29) is 5.69 Å². The first-order valence-electron chi connectivity index (χ1n) is 8.73. The maximum atomic E-state index is 12.3. The summed E-state index contributed by atoms with van der Waals surface area (Å²) in [5, 5.41) is 22.8. The Bertz CT molecular complexity index is 1040. The Morgan fingerprint density at radius 3 is 2.55 bits per heavy atom. The smallest absolute Gasteiger partial charge is 0.276 e. The van der Waals surface area contributed by atoms with E-state index in [1.165, 1.54) is 0 Å². The number of ether oxygens (including phenoxy) is 2. The summed E-state index contributed by atoms with van der Waals surface area (Å²) in [6, 6.07) is 17.5. The number of hydrogen-bond acceptors (Lipinski definition) is 7. The van der Waals surface area contributed by atoms with Gasteiger partial charge in [-0.15, -0.1) is 10.2 Å². The predicted molar refractivity (Wildman–Crippen MR) is 108 cm³/mol. The maximum Gasteiger partial charge on any atom is 0.276 e. The van der Waals surface area contributed by atoms with Gasteiger partial charge in [-0.25, -0.2) is 0 Å². The molecule has 0 unspecified atom stereocenters. The molecular formula is C21H19N5O3. The lowest BCUT2D eigenvalue weighted by atomic mass is 10.2. The Balaban J connectivity index is 1.61. The van der Waals surface area contributed by atoms with Crippen LogP contribution in [0.1, 0.15) is 21.6 Å². The monoisotopic (exact) mass is 389 g/mol. The molecule has 0 aliphatic heterocycles. The van der Waals surface area contributed by atoms with Crippen molar-refractivity contribution in [1.29, 1.82) is 5.26 Å². The van der Waals surface area contributed by atoms with E-state index in [1.54, 1.807) is 50.6 Å². The number of aromatic nitrogens is 2. The molecule has 1 heterocycles. The van der Waals surface area contributed by atoms with Crippen LogP contribution in [0, 0.1) is 11.3 Å². The summed E-state index contributed by atoms with van der Waals surface area (Å²) in [6.07, 6.45) is 0. The third kappa shape index (κ3) is 4.99. The van der Waals surface area contributed by atoms with Crippen molar-refractivity contribution in [3.05, 3.63) is 71.4 Å². The van der Waals surface area contributed by atoms with Gasteiger partial charge in [-0.2, -0.15) is 5.26 Å². The Kier molecular flexibility index (Phi) is 6.22. The Morgan fingerprint density at radius 2 is 1.86 bits per heavy atom. The number of nitriles is 1. The second-order valence-electron chi connectivity index (χ2n) is 5.99. The summed E-state index contributed by atoms with van der Waals surface area (Å²) < 4.78 is 10.5. The molecule has 3 rings (SSSR count). The van der Waals surface area contributed by atoms with Crippen LogP contribution in [0.2, 0.25) is 0 Å². The first-order chi connectivity index (χ1) is 14.1. The topological polar surface area (TPSA) is 109 Å². The van der Waals surface area contributed by atoms with Gasteiger partial charge in [0.1, 0.15) is 5.82 Å². The van der Waals surface area contributed by atoms with Gasteiger partial charge in [0.15, 0.2) is 17.2 Å². The molecule has 2 N–H and O–H groups in total. The van der Waals surface area contributed by atoms with Crippen molar-refractivity contribution in [2.45, 2.75) is 6.54 Å². The van der Waals surface area contributed by atoms with Crippen LogP contribution in [0.4, 0.5) is 11.5 Å². The number of nitrogens with one attached hydrogen (secondary N) is 2. The average Bonchev–Trinajstić information content (AvgIpc) is 2.77. The summed E-state index contributed by atoms with van der Waals surface area (Å²) in [5.74, 6) is 1.43. The molecule has 0 saturated carbocycles. The van der Waals surface area contributed by atoms with Crippen molar-refractivity contribution in [3.8, 4) is 17.6 Å². The molecule has 0 spiro atoms. The van der Waals surface area contributed by atoms with Crippen molar-refractivity contribution >= 4 is 17.4 Å². The van der Waals surface area contributed by atoms with Crippen LogP contribution in [-0.4, -0.2) is 30.3 Å². The Hall–Kier alpha value is -4.12. The van der Waals surface area contributed by atoms with Gasteiger partial charge in [-0.3, -0.25) is 4.79 Å². The molecule has 0 atom stereocenters. The molecule has 2 aromatic carbocycles. The predicted octanol–water partition coefficient (Wildman–Crippen LogP) is 3.23. The lowest BCUT2D eigenvalue weighted by Gasteiger charge is -2.10. The van der Waals surface area contributed by atoms with Crippen molar-refractivity contribution in [1.82, 2.24) is 10.2 Å². The lowest BCUT2D eigenvalue weighted by Crippen LogP contribution is -2.15. The Morgan fingerprint density at radius 1 is 1.03 bits per heavy atom. The minimum absolute atomic E-state index is 0.170. The zero-order valence-corrected chi connectivity index (χ0v) is 16.0. The normalized spacial score (nSPS) is 9.97. The fourth-order valence-corrected chi connectivity index (χ4v) is 2.59. The van der Waals surface area contributed by atoms with E-state index in [1.807, 2.05) is 24.3 Å². The Labute approximate surface area is 168 Å². The van der Waals surface area contributed by atoms with Gasteiger partial charge in [0.2, 0.25) is 0 Å². The molecule has 0 aliphatic carbocycles. The summed E-state index contributed by atoms with van der Waals surface area (Å²) >= 11 is 0. The number of carbonyl (C=O) groups is 1. The van der Waals surface area contributed by atoms with Crippen LogP contribution in [0.15, 0.2) is 54.6 Å². The van der Waals surface area contributed by atoms with Gasteiger partial charge >= 0.3 is 0 Å². The number of anilines is 2. The largest absolute Gasteiger partial charge is 0.493 e. The van der Waals surface area contributed by atoms with Crippen molar-refractivity contribution in [2.75, 3.05) is 24.9 Å². The molecule has 146 valence electrons. The van der Waals surface area contributed by atoms with Gasteiger partial charge in [0, 0.05) is 12.2 Å². The summed E-state index contributed by atoms with van der Waals surface area (Å²) in [6.45, 7) is 0.502. The first-order valence-corrected chi connectivity index (χ1v) is 8.73. The zero-order chi connectivity index (χ0) is 20.6. The van der Waals surface area contributed by atoms with Crippen LogP contribution < -0.4 is 20.1 Å². The van der Waals surface area contributed by atoms with E-state index in [9.17, 15) is 4.79 Å². The zero-order valence-electron chi connectivity index (χ0n) is 16.0. The number of hydrogen-bond donors (Lipinski definition) is 2. The molecule has 0 saturated heterocycles. The van der Waals surface area contributed by atoms with E-state index in [0.717, 1.165) is 5.56 Å². The molecule has 0 fully saturated rings. The number of rotatable bonds is 7. The van der Waals surface area contributed by atoms with E-state index in [0.29, 0.717) is 35.1 Å². The van der Waals surface area contributed by atoms with Crippen LogP contribution in [0.5, 0.6) is 11.5 Å². The van der Waals surface area contributed by atoms with E-state index in [4.69, 9.17) is 14.7 Å². The highest BCUT2D eigenvalue weighted by molar-refractivity contribution is 6.02. The third-order valence-corrected chi connectivity index (χ3v) is 4.07. The summed E-state index contributed by atoms with van der Waals surface area (Å²) in [7, 11) is 3.17. The molecule has 0 radical (unpaired) electrons. The molecule has 0 aliphatic rings. The van der Waals surface area contributed by atoms with Crippen LogP contribution in [-0.2, 0) is 6.54 Å². The molecule has 1 amide bonds. The molecule has 3 aromatic rings. The fraction of sp³-hybridized carbons (Fsp3) is 0.143. The molecule has 8 nitrogen and oxygen atoms in total. The standard InChI is InChI=1S/C21H19N5O3/c1-28-18-8-6-15(11-19(18)29-2)13-23-20-9-7-17(25-26-20)21(27)24-16-5-3-4-14(10-16)12-22/h3-11H,13H2,1-2H3,(H,23,26)(H,24,27). The van der Waals surface area contributed by atoms with Crippen molar-refractivity contribution < 1.29 is 14.3 Å². The molecule has 1 aromatic heterocycles. The number of methoxy groups -OCH3 is 2. The first kappa shape index (κ1) is 19.6. The highest BCUT2D eigenvalue weighted by Gasteiger charge is 2.10. The van der Waals surface area contributed by atoms with E-state index in [2.05, 4.69) is 20.8 Å². The molecule has 29 heavy (non-hydrogen) atoms. The third-order valence-electron chi connectivity index (χ3n) is 4.07. The molecule has 0 bridgehead atoms. The number of carbonyl (C=O) groups excluding carboxylic acids is 1. The molecular weight excluding hydrogens is 370 g/mol. The molecule has 8 heteroatoms. The van der Waals surface area contributed by atoms with Gasteiger partial charge in [0.25, 0.3) is 5.91 Å². The van der Waals surface area contributed by atoms with Crippen LogP contribution in [0.3, 0.4) is 0 Å². The van der Waals surface area contributed by atoms with E-state index >= 15 is 0 Å². The second-order valence-corrected chi connectivity index (χ2v) is 5.99. The highest BCUT2D eigenvalue weighted by atomic mass is 16.5. The maximum absolute atomic E-state index is 12.3. The summed E-state index contributed by atoms with van der Waals surface area (Å²) in [5.41, 5.74) is 2.13. The number of amides is 1. The van der Waals surface area contributed by atoms with Crippen molar-refractivity contribution in [3.63, 3.8) is 0 Å². The summed E-state index contributed by atoms with van der Waals surface area (Å²) in [4.78, 5) is 12.3. The van der Waals surface area contributed by atoms with Crippen LogP contribution >= 0.6 is 0 Å². The second kappa shape index (κ2) is 9.19. The van der Waals surface area contributed by atoms with Crippen molar-refractivity contribution in [2.24, 2.45) is 0 Å². The number of nitrogens with zero attached hydrogens (tertiary/aromatic N) is 3. The van der Waals surface area contributed by atoms with E-state index < -0.39 is 5.91 Å². The number of benzene rings is 2. The fourth-order valence-electron chi connectivity index (χ4n) is 2.59. The highest BCUT2D eigenvalue weighted by Crippen LogP contribution is 2.27. The minimum Gasteiger partial charge on any atom is -0.493 e. The lowest BCUT2D eigenvalue weighted by molar-refractivity contribution is 0.102. The van der Waals surface area contributed by atoms with Gasteiger partial charge in [-0.05, 0) is 48.0 Å². The van der Waals surface area contributed by atoms with Crippen LogP contribution in [0.25, 0.3) is 0 Å². The van der Waals surface area contributed by atoms with Gasteiger partial charge < -0.3 is 20.1 Å². The average molecular weight is 389 g/mol. The van der Waals surface area contributed by atoms with Gasteiger partial charge in [-0.1, -0.05) is 12.1 Å². The van der Waals surface area contributed by atoms with Gasteiger partial charge in [0.05, 0.1) is 25.9 Å². The quantitative estimate of drug-likeness (QED) is 0.638. The SMILES string of the molecule is COc1ccc(CNc2ccc(C(=O)Nc3cccc(C#N)c3)nn2)cc1OC.